The Balaban J connectivity index is 1.59. The minimum Gasteiger partial charge on any atom is -0.497 e. The van der Waals surface area contributed by atoms with Gasteiger partial charge in [-0.3, -0.25) is 14.2 Å². The van der Waals surface area contributed by atoms with Gasteiger partial charge in [0, 0.05) is 25.7 Å². The van der Waals surface area contributed by atoms with E-state index in [-0.39, 0.29) is 18.6 Å². The second kappa shape index (κ2) is 8.06. The Labute approximate surface area is 167 Å². The molecule has 2 unspecified atom stereocenters. The molecule has 9 nitrogen and oxygen atoms in total. The number of nitrogens with zero attached hydrogens (tertiary/aromatic N) is 4. The molecule has 1 aromatic carbocycles. The molecule has 1 amide bonds. The molecule has 3 aromatic rings. The first-order chi connectivity index (χ1) is 14.0. The molecule has 2 atom stereocenters. The third-order valence-corrected chi connectivity index (χ3v) is 4.90. The van der Waals surface area contributed by atoms with E-state index < -0.39 is 6.10 Å². The molecule has 1 aliphatic rings. The van der Waals surface area contributed by atoms with Gasteiger partial charge in [-0.2, -0.15) is 10.2 Å². The Bertz CT molecular complexity index is 995. The van der Waals surface area contributed by atoms with Gasteiger partial charge in [0.1, 0.15) is 17.5 Å². The molecule has 9 heteroatoms. The van der Waals surface area contributed by atoms with Crippen molar-refractivity contribution in [3.63, 3.8) is 0 Å². The van der Waals surface area contributed by atoms with Crippen LogP contribution in [0, 0.1) is 0 Å². The highest BCUT2D eigenvalue weighted by atomic mass is 16.5. The van der Waals surface area contributed by atoms with E-state index in [4.69, 9.17) is 9.47 Å². The summed E-state index contributed by atoms with van der Waals surface area (Å²) < 4.78 is 14.2. The summed E-state index contributed by atoms with van der Waals surface area (Å²) in [5.74, 6) is 0.906. The first-order valence-corrected chi connectivity index (χ1v) is 9.33. The topological polar surface area (TPSA) is 103 Å². The lowest BCUT2D eigenvalue weighted by molar-refractivity contribution is 0.0844. The van der Waals surface area contributed by atoms with Crippen LogP contribution in [0.2, 0.25) is 0 Å². The Morgan fingerprint density at radius 1 is 1.34 bits per heavy atom. The highest BCUT2D eigenvalue weighted by Crippen LogP contribution is 2.31. The molecular formula is C20H23N5O4. The minimum absolute atomic E-state index is 0.280. The number of amides is 1. The maximum atomic E-state index is 12.5. The number of carbonyl (C=O) groups is 1. The predicted octanol–water partition coefficient (Wildman–Crippen LogP) is 1.75. The fraction of sp³-hybridized carbons (Fsp3) is 0.350. The number of carbonyl (C=O) groups excluding carboxylic acids is 1. The van der Waals surface area contributed by atoms with Crippen LogP contribution in [0.3, 0.4) is 0 Å². The molecule has 0 radical (unpaired) electrons. The van der Waals surface area contributed by atoms with Crippen molar-refractivity contribution in [2.45, 2.75) is 25.2 Å². The molecule has 0 bridgehead atoms. The lowest BCUT2D eigenvalue weighted by Gasteiger charge is -2.12. The van der Waals surface area contributed by atoms with Crippen molar-refractivity contribution in [2.75, 3.05) is 19.0 Å². The van der Waals surface area contributed by atoms with Gasteiger partial charge in [-0.05, 0) is 23.8 Å². The van der Waals surface area contributed by atoms with Gasteiger partial charge in [-0.15, -0.1) is 0 Å². The van der Waals surface area contributed by atoms with Crippen LogP contribution in [0.25, 0.3) is 0 Å². The molecule has 0 spiro atoms. The molecular weight excluding hydrogens is 374 g/mol. The Kier molecular flexibility index (Phi) is 5.32. The van der Waals surface area contributed by atoms with E-state index in [0.717, 1.165) is 17.0 Å². The van der Waals surface area contributed by atoms with Crippen molar-refractivity contribution in [2.24, 2.45) is 7.05 Å². The van der Waals surface area contributed by atoms with Gasteiger partial charge in [0.05, 0.1) is 32.1 Å². The number of hydrogen-bond acceptors (Lipinski definition) is 6. The first kappa shape index (κ1) is 19.2. The zero-order chi connectivity index (χ0) is 20.4. The van der Waals surface area contributed by atoms with Crippen molar-refractivity contribution in [3.05, 3.63) is 59.5 Å². The second-order valence-corrected chi connectivity index (χ2v) is 6.97. The van der Waals surface area contributed by atoms with Crippen molar-refractivity contribution >= 4 is 11.7 Å². The van der Waals surface area contributed by atoms with Crippen LogP contribution in [0.4, 0.5) is 5.82 Å². The lowest BCUT2D eigenvalue weighted by atomic mass is 10.1. The summed E-state index contributed by atoms with van der Waals surface area (Å²) in [6.45, 7) is 0.784. The van der Waals surface area contributed by atoms with Crippen LogP contribution in [-0.4, -0.2) is 50.4 Å². The number of benzene rings is 1. The molecule has 1 fully saturated rings. The van der Waals surface area contributed by atoms with E-state index in [1.807, 2.05) is 24.3 Å². The maximum Gasteiger partial charge on any atom is 0.275 e. The average molecular weight is 397 g/mol. The fourth-order valence-corrected chi connectivity index (χ4v) is 3.38. The molecule has 2 aromatic heterocycles. The van der Waals surface area contributed by atoms with Gasteiger partial charge in [-0.1, -0.05) is 12.1 Å². The Morgan fingerprint density at radius 2 is 2.14 bits per heavy atom. The van der Waals surface area contributed by atoms with Crippen LogP contribution in [0.1, 0.15) is 34.3 Å². The number of aromatic nitrogens is 4. The number of aliphatic hydroxyl groups excluding tert-OH is 1. The van der Waals surface area contributed by atoms with Crippen molar-refractivity contribution < 1.29 is 19.4 Å². The first-order valence-electron chi connectivity index (χ1n) is 9.33. The second-order valence-electron chi connectivity index (χ2n) is 6.97. The molecule has 1 aliphatic heterocycles. The van der Waals surface area contributed by atoms with E-state index >= 15 is 0 Å². The van der Waals surface area contributed by atoms with E-state index in [1.54, 1.807) is 37.2 Å². The maximum absolute atomic E-state index is 12.5. The molecule has 0 aliphatic carbocycles. The largest absolute Gasteiger partial charge is 0.497 e. The lowest BCUT2D eigenvalue weighted by Crippen LogP contribution is -2.16. The number of anilines is 1. The van der Waals surface area contributed by atoms with Crippen LogP contribution in [0.5, 0.6) is 5.75 Å². The van der Waals surface area contributed by atoms with Gasteiger partial charge < -0.3 is 19.9 Å². The number of nitrogens with one attached hydrogen (secondary N) is 1. The van der Waals surface area contributed by atoms with E-state index in [0.29, 0.717) is 24.5 Å². The van der Waals surface area contributed by atoms with Crippen LogP contribution in [0.15, 0.2) is 42.6 Å². The number of hydrogen-bond donors (Lipinski definition) is 2. The molecule has 29 heavy (non-hydrogen) atoms. The van der Waals surface area contributed by atoms with Gasteiger partial charge in [0.25, 0.3) is 5.91 Å². The summed E-state index contributed by atoms with van der Waals surface area (Å²) in [4.78, 5) is 12.5. The minimum atomic E-state index is -0.503. The van der Waals surface area contributed by atoms with Crippen molar-refractivity contribution in [3.8, 4) is 5.75 Å². The summed E-state index contributed by atoms with van der Waals surface area (Å²) >= 11 is 0. The number of methoxy groups -OCH3 is 1. The van der Waals surface area contributed by atoms with Gasteiger partial charge in [-0.25, -0.2) is 0 Å². The quantitative estimate of drug-likeness (QED) is 0.657. The van der Waals surface area contributed by atoms with Crippen LogP contribution >= 0.6 is 0 Å². The van der Waals surface area contributed by atoms with Crippen LogP contribution in [-0.2, 0) is 18.3 Å². The summed E-state index contributed by atoms with van der Waals surface area (Å²) in [7, 11) is 3.33. The molecule has 3 heterocycles. The molecule has 1 saturated heterocycles. The third-order valence-electron chi connectivity index (χ3n) is 4.90. The number of rotatable bonds is 6. The van der Waals surface area contributed by atoms with Crippen molar-refractivity contribution in [1.29, 1.82) is 0 Å². The van der Waals surface area contributed by atoms with E-state index in [1.165, 1.54) is 4.68 Å². The standard InChI is InChI=1S/C20H23N5O4/c1-24-16(7-8-21-24)20(27)22-19-10-17(18-9-14(26)12-29-18)25(23-19)11-13-3-5-15(28-2)6-4-13/h3-8,10,14,18,26H,9,11-12H2,1-2H3,(H,22,23,27). The molecule has 152 valence electrons. The normalized spacial score (nSPS) is 18.7. The molecule has 4 rings (SSSR count). The zero-order valence-electron chi connectivity index (χ0n) is 16.3. The molecule has 0 saturated carbocycles. The predicted molar refractivity (Wildman–Crippen MR) is 105 cm³/mol. The fourth-order valence-electron chi connectivity index (χ4n) is 3.38. The summed E-state index contributed by atoms with van der Waals surface area (Å²) in [6.07, 6.45) is 1.27. The SMILES string of the molecule is COc1ccc(Cn2nc(NC(=O)c3ccnn3C)cc2C2CC(O)CO2)cc1. The van der Waals surface area contributed by atoms with Crippen molar-refractivity contribution in [1.82, 2.24) is 19.6 Å². The van der Waals surface area contributed by atoms with E-state index in [9.17, 15) is 9.90 Å². The average Bonchev–Trinajstić information content (AvgIpc) is 3.42. The number of aliphatic hydroxyl groups is 1. The van der Waals surface area contributed by atoms with Crippen LogP contribution < -0.4 is 10.1 Å². The highest BCUT2D eigenvalue weighted by molar-refractivity contribution is 6.02. The highest BCUT2D eigenvalue weighted by Gasteiger charge is 2.29. The Hall–Kier alpha value is -3.17. The summed E-state index contributed by atoms with van der Waals surface area (Å²) in [5.41, 5.74) is 2.26. The summed E-state index contributed by atoms with van der Waals surface area (Å²) in [6, 6.07) is 11.1. The smallest absolute Gasteiger partial charge is 0.275 e. The monoisotopic (exact) mass is 397 g/mol. The third kappa shape index (κ3) is 4.15. The number of ether oxygens (including phenoxy) is 2. The zero-order valence-corrected chi connectivity index (χ0v) is 16.3. The van der Waals surface area contributed by atoms with Gasteiger partial charge in [0.2, 0.25) is 0 Å². The summed E-state index contributed by atoms with van der Waals surface area (Å²) in [5, 5.41) is 21.2. The van der Waals surface area contributed by atoms with Gasteiger partial charge in [0.15, 0.2) is 5.82 Å². The van der Waals surface area contributed by atoms with Gasteiger partial charge >= 0.3 is 0 Å². The molecule has 2 N–H and O–H groups in total. The number of aryl methyl sites for hydroxylation is 1. The Morgan fingerprint density at radius 3 is 2.76 bits per heavy atom. The van der Waals surface area contributed by atoms with E-state index in [2.05, 4.69) is 15.5 Å².